The summed E-state index contributed by atoms with van der Waals surface area (Å²) in [5, 5.41) is 0. The monoisotopic (exact) mass is 238 g/mol. The van der Waals surface area contributed by atoms with E-state index in [1.54, 1.807) is 0 Å². The van der Waals surface area contributed by atoms with Gasteiger partial charge in [0.05, 0.1) is 13.2 Å². The molecule has 1 saturated carbocycles. The molecule has 17 heavy (non-hydrogen) atoms. The molecule has 0 bridgehead atoms. The van der Waals surface area contributed by atoms with E-state index in [2.05, 4.69) is 9.80 Å². The molecule has 3 rings (SSSR count). The zero-order valence-electron chi connectivity index (χ0n) is 10.9. The summed E-state index contributed by atoms with van der Waals surface area (Å²) in [6.07, 6.45) is 5.97. The summed E-state index contributed by atoms with van der Waals surface area (Å²) < 4.78 is 5.39. The fourth-order valence-electron chi connectivity index (χ4n) is 3.79. The molecule has 2 saturated heterocycles. The van der Waals surface area contributed by atoms with Crippen LogP contribution in [0.15, 0.2) is 0 Å². The molecule has 3 heteroatoms. The minimum atomic E-state index is 0.936. The first-order valence-corrected chi connectivity index (χ1v) is 7.44. The number of hydrogen-bond donors (Lipinski definition) is 0. The van der Waals surface area contributed by atoms with E-state index >= 15 is 0 Å². The minimum absolute atomic E-state index is 0.936. The SMILES string of the molecule is C1CC[C@H]2CN(CCN3CCOCC3)C[C@@H]2C1. The maximum atomic E-state index is 5.39. The molecule has 0 N–H and O–H groups in total. The first kappa shape index (κ1) is 11.9. The smallest absolute Gasteiger partial charge is 0.0594 e. The van der Waals surface area contributed by atoms with E-state index in [9.17, 15) is 0 Å². The first-order chi connectivity index (χ1) is 8.42. The Bertz CT molecular complexity index is 226. The van der Waals surface area contributed by atoms with Crippen LogP contribution in [-0.2, 0) is 4.74 Å². The second kappa shape index (κ2) is 5.68. The Labute approximate surface area is 105 Å². The summed E-state index contributed by atoms with van der Waals surface area (Å²) in [6.45, 7) is 9.46. The fourth-order valence-corrected chi connectivity index (χ4v) is 3.79. The van der Waals surface area contributed by atoms with Gasteiger partial charge in [-0.2, -0.15) is 0 Å². The molecule has 2 atom stereocenters. The van der Waals surface area contributed by atoms with E-state index < -0.39 is 0 Å². The van der Waals surface area contributed by atoms with Crippen LogP contribution < -0.4 is 0 Å². The number of fused-ring (bicyclic) bond motifs is 1. The van der Waals surface area contributed by atoms with Crippen molar-refractivity contribution in [3.05, 3.63) is 0 Å². The predicted molar refractivity (Wildman–Crippen MR) is 69.1 cm³/mol. The molecule has 3 aliphatic rings. The van der Waals surface area contributed by atoms with Crippen molar-refractivity contribution < 1.29 is 4.74 Å². The van der Waals surface area contributed by atoms with Gasteiger partial charge in [0, 0.05) is 39.3 Å². The Morgan fingerprint density at radius 3 is 2.06 bits per heavy atom. The molecule has 0 aromatic carbocycles. The normalized spacial score (nSPS) is 36.0. The Morgan fingerprint density at radius 2 is 1.41 bits per heavy atom. The number of likely N-dealkylation sites (tertiary alicyclic amines) is 1. The molecule has 1 aliphatic carbocycles. The highest BCUT2D eigenvalue weighted by molar-refractivity contribution is 4.87. The van der Waals surface area contributed by atoms with E-state index in [1.807, 2.05) is 0 Å². The standard InChI is InChI=1S/C14H26N2O/c1-2-4-14-12-16(11-13(14)3-1)6-5-15-7-9-17-10-8-15/h13-14H,1-12H2/t13-,14-/m0/s1. The van der Waals surface area contributed by atoms with E-state index in [0.29, 0.717) is 0 Å². The quantitative estimate of drug-likeness (QED) is 0.740. The van der Waals surface area contributed by atoms with Crippen molar-refractivity contribution in [1.29, 1.82) is 0 Å². The topological polar surface area (TPSA) is 15.7 Å². The second-order valence-corrected chi connectivity index (χ2v) is 6.02. The summed E-state index contributed by atoms with van der Waals surface area (Å²) in [6, 6.07) is 0. The molecule has 98 valence electrons. The van der Waals surface area contributed by atoms with Crippen LogP contribution in [0.1, 0.15) is 25.7 Å². The molecular formula is C14H26N2O. The lowest BCUT2D eigenvalue weighted by Gasteiger charge is -2.28. The third-order valence-corrected chi connectivity index (χ3v) is 4.89. The molecule has 0 amide bonds. The highest BCUT2D eigenvalue weighted by Crippen LogP contribution is 2.35. The van der Waals surface area contributed by atoms with Gasteiger partial charge in [-0.15, -0.1) is 0 Å². The number of rotatable bonds is 3. The van der Waals surface area contributed by atoms with Crippen LogP contribution in [0, 0.1) is 11.8 Å². The number of nitrogens with zero attached hydrogens (tertiary/aromatic N) is 2. The van der Waals surface area contributed by atoms with Crippen molar-refractivity contribution in [2.45, 2.75) is 25.7 Å². The summed E-state index contributed by atoms with van der Waals surface area (Å²) in [4.78, 5) is 5.28. The van der Waals surface area contributed by atoms with E-state index in [-0.39, 0.29) is 0 Å². The highest BCUT2D eigenvalue weighted by atomic mass is 16.5. The van der Waals surface area contributed by atoms with E-state index in [4.69, 9.17) is 4.74 Å². The first-order valence-electron chi connectivity index (χ1n) is 7.44. The van der Waals surface area contributed by atoms with Crippen LogP contribution in [0.2, 0.25) is 0 Å². The summed E-state index contributed by atoms with van der Waals surface area (Å²) in [7, 11) is 0. The van der Waals surface area contributed by atoms with Crippen LogP contribution in [0.3, 0.4) is 0 Å². The van der Waals surface area contributed by atoms with Gasteiger partial charge in [-0.3, -0.25) is 4.90 Å². The molecule has 0 spiro atoms. The Morgan fingerprint density at radius 1 is 0.824 bits per heavy atom. The zero-order valence-corrected chi connectivity index (χ0v) is 10.9. The third kappa shape index (κ3) is 3.01. The van der Waals surface area contributed by atoms with Gasteiger partial charge in [-0.1, -0.05) is 12.8 Å². The van der Waals surface area contributed by atoms with Crippen molar-refractivity contribution in [3.8, 4) is 0 Å². The molecule has 3 fully saturated rings. The molecule has 0 unspecified atom stereocenters. The number of ether oxygens (including phenoxy) is 1. The maximum absolute atomic E-state index is 5.39. The lowest BCUT2D eigenvalue weighted by atomic mass is 9.82. The molecule has 2 aliphatic heterocycles. The van der Waals surface area contributed by atoms with Crippen molar-refractivity contribution in [1.82, 2.24) is 9.80 Å². The molecule has 2 heterocycles. The average molecular weight is 238 g/mol. The van der Waals surface area contributed by atoms with Gasteiger partial charge < -0.3 is 9.64 Å². The molecule has 0 aromatic heterocycles. The van der Waals surface area contributed by atoms with Crippen LogP contribution >= 0.6 is 0 Å². The average Bonchev–Trinajstić information content (AvgIpc) is 2.80. The number of morpholine rings is 1. The van der Waals surface area contributed by atoms with Gasteiger partial charge in [0.25, 0.3) is 0 Å². The Balaban J connectivity index is 1.40. The minimum Gasteiger partial charge on any atom is -0.379 e. The van der Waals surface area contributed by atoms with Gasteiger partial charge in [-0.05, 0) is 24.7 Å². The fraction of sp³-hybridized carbons (Fsp3) is 1.00. The lowest BCUT2D eigenvalue weighted by molar-refractivity contribution is 0.0342. The molecular weight excluding hydrogens is 212 g/mol. The molecule has 0 aromatic rings. The predicted octanol–water partition coefficient (Wildman–Crippen LogP) is 1.44. The van der Waals surface area contributed by atoms with Crippen LogP contribution in [-0.4, -0.2) is 62.3 Å². The zero-order chi connectivity index (χ0) is 11.5. The summed E-state index contributed by atoms with van der Waals surface area (Å²) in [5.74, 6) is 2.07. The highest BCUT2D eigenvalue weighted by Gasteiger charge is 2.33. The third-order valence-electron chi connectivity index (χ3n) is 4.89. The van der Waals surface area contributed by atoms with Gasteiger partial charge in [-0.25, -0.2) is 0 Å². The summed E-state index contributed by atoms with van der Waals surface area (Å²) >= 11 is 0. The maximum Gasteiger partial charge on any atom is 0.0594 e. The van der Waals surface area contributed by atoms with Crippen molar-refractivity contribution in [2.75, 3.05) is 52.5 Å². The van der Waals surface area contributed by atoms with Gasteiger partial charge in [0.1, 0.15) is 0 Å². The van der Waals surface area contributed by atoms with Crippen LogP contribution in [0.25, 0.3) is 0 Å². The van der Waals surface area contributed by atoms with Crippen LogP contribution in [0.5, 0.6) is 0 Å². The van der Waals surface area contributed by atoms with Crippen molar-refractivity contribution in [3.63, 3.8) is 0 Å². The molecule has 3 nitrogen and oxygen atoms in total. The van der Waals surface area contributed by atoms with Gasteiger partial charge in [0.2, 0.25) is 0 Å². The van der Waals surface area contributed by atoms with E-state index in [1.165, 1.54) is 51.9 Å². The number of hydrogen-bond acceptors (Lipinski definition) is 3. The molecule has 0 radical (unpaired) electrons. The second-order valence-electron chi connectivity index (χ2n) is 6.02. The van der Waals surface area contributed by atoms with Crippen molar-refractivity contribution in [2.24, 2.45) is 11.8 Å². The van der Waals surface area contributed by atoms with Gasteiger partial charge >= 0.3 is 0 Å². The van der Waals surface area contributed by atoms with Gasteiger partial charge in [0.15, 0.2) is 0 Å². The largest absolute Gasteiger partial charge is 0.379 e. The van der Waals surface area contributed by atoms with Crippen LogP contribution in [0.4, 0.5) is 0 Å². The lowest BCUT2D eigenvalue weighted by Crippen LogP contribution is -2.41. The van der Waals surface area contributed by atoms with Crippen molar-refractivity contribution >= 4 is 0 Å². The Hall–Kier alpha value is -0.120. The summed E-state index contributed by atoms with van der Waals surface area (Å²) in [5.41, 5.74) is 0. The van der Waals surface area contributed by atoms with E-state index in [0.717, 1.165) is 38.1 Å². The Kier molecular flexibility index (Phi) is 3.99.